The molecule has 4 rings (SSSR count). The summed E-state index contributed by atoms with van der Waals surface area (Å²) in [7, 11) is 3.04. The number of benzene rings is 4. The molecule has 0 atom stereocenters. The number of anilines is 2. The van der Waals surface area contributed by atoms with Gasteiger partial charge in [0.05, 0.1) is 25.3 Å². The van der Waals surface area contributed by atoms with Crippen LogP contribution in [-0.4, -0.2) is 26.0 Å². The van der Waals surface area contributed by atoms with Crippen molar-refractivity contribution in [3.05, 3.63) is 105 Å². The van der Waals surface area contributed by atoms with Crippen molar-refractivity contribution in [3.8, 4) is 23.0 Å². The van der Waals surface area contributed by atoms with Crippen LogP contribution < -0.4 is 24.8 Å². The molecule has 37 heavy (non-hydrogen) atoms. The molecule has 0 aliphatic rings. The Morgan fingerprint density at radius 2 is 0.973 bits per heavy atom. The van der Waals surface area contributed by atoms with Gasteiger partial charge in [0.15, 0.2) is 0 Å². The lowest BCUT2D eigenvalue weighted by Crippen LogP contribution is -2.13. The van der Waals surface area contributed by atoms with Gasteiger partial charge in [0.1, 0.15) is 23.0 Å². The Hall–Kier alpha value is -3.82. The SMILES string of the molecule is COc1ccc(Br)cc1C(=O)Nc1ccc(Oc2ccc(NC(=O)c3cc(Br)ccc3OC)cc2)cc1. The normalized spacial score (nSPS) is 10.4. The average Bonchev–Trinajstić information content (AvgIpc) is 2.90. The van der Waals surface area contributed by atoms with Gasteiger partial charge in [-0.2, -0.15) is 0 Å². The summed E-state index contributed by atoms with van der Waals surface area (Å²) in [5.74, 6) is 1.57. The van der Waals surface area contributed by atoms with Gasteiger partial charge in [0.2, 0.25) is 0 Å². The van der Waals surface area contributed by atoms with Crippen molar-refractivity contribution in [1.82, 2.24) is 0 Å². The fraction of sp³-hybridized carbons (Fsp3) is 0.0714. The minimum absolute atomic E-state index is 0.287. The van der Waals surface area contributed by atoms with E-state index in [-0.39, 0.29) is 11.8 Å². The maximum absolute atomic E-state index is 12.7. The van der Waals surface area contributed by atoms with Crippen LogP contribution in [0.4, 0.5) is 11.4 Å². The van der Waals surface area contributed by atoms with Crippen molar-refractivity contribution in [1.29, 1.82) is 0 Å². The summed E-state index contributed by atoms with van der Waals surface area (Å²) >= 11 is 6.75. The van der Waals surface area contributed by atoms with Crippen LogP contribution in [0, 0.1) is 0 Å². The van der Waals surface area contributed by atoms with Crippen molar-refractivity contribution in [2.45, 2.75) is 0 Å². The quantitative estimate of drug-likeness (QED) is 0.211. The van der Waals surface area contributed by atoms with Gasteiger partial charge in [-0.25, -0.2) is 0 Å². The van der Waals surface area contributed by atoms with Crippen LogP contribution in [0.3, 0.4) is 0 Å². The molecule has 7 nitrogen and oxygen atoms in total. The first kappa shape index (κ1) is 26.2. The first-order valence-electron chi connectivity index (χ1n) is 11.0. The van der Waals surface area contributed by atoms with Gasteiger partial charge >= 0.3 is 0 Å². The second-order valence-corrected chi connectivity index (χ2v) is 9.58. The fourth-order valence-corrected chi connectivity index (χ4v) is 4.18. The number of carbonyl (C=O) groups is 2. The summed E-state index contributed by atoms with van der Waals surface area (Å²) in [6, 6.07) is 24.5. The van der Waals surface area contributed by atoms with Gasteiger partial charge in [0, 0.05) is 20.3 Å². The second-order valence-electron chi connectivity index (χ2n) is 7.75. The van der Waals surface area contributed by atoms with Crippen LogP contribution in [0.1, 0.15) is 20.7 Å². The Morgan fingerprint density at radius 1 is 0.595 bits per heavy atom. The van der Waals surface area contributed by atoms with Gasteiger partial charge in [-0.3, -0.25) is 9.59 Å². The number of ether oxygens (including phenoxy) is 3. The van der Waals surface area contributed by atoms with Crippen LogP contribution in [0.2, 0.25) is 0 Å². The summed E-state index contributed by atoms with van der Waals surface area (Å²) in [6.07, 6.45) is 0. The van der Waals surface area contributed by atoms with E-state index in [4.69, 9.17) is 14.2 Å². The van der Waals surface area contributed by atoms with Gasteiger partial charge < -0.3 is 24.8 Å². The predicted octanol–water partition coefficient (Wildman–Crippen LogP) is 7.53. The average molecular weight is 626 g/mol. The molecule has 2 N–H and O–H groups in total. The van der Waals surface area contributed by atoms with Crippen molar-refractivity contribution >= 4 is 55.0 Å². The lowest BCUT2D eigenvalue weighted by atomic mass is 10.2. The maximum Gasteiger partial charge on any atom is 0.259 e. The zero-order valence-electron chi connectivity index (χ0n) is 19.9. The molecule has 188 valence electrons. The Kier molecular flexibility index (Phi) is 8.47. The number of methoxy groups -OCH3 is 2. The summed E-state index contributed by atoms with van der Waals surface area (Å²) < 4.78 is 18.0. The third-order valence-electron chi connectivity index (χ3n) is 5.27. The number of carbonyl (C=O) groups excluding carboxylic acids is 2. The van der Waals surface area contributed by atoms with Crippen LogP contribution in [0.5, 0.6) is 23.0 Å². The molecule has 0 aliphatic carbocycles. The monoisotopic (exact) mass is 624 g/mol. The third-order valence-corrected chi connectivity index (χ3v) is 6.26. The van der Waals surface area contributed by atoms with E-state index < -0.39 is 0 Å². The Bertz CT molecular complexity index is 1310. The number of rotatable bonds is 8. The first-order chi connectivity index (χ1) is 17.9. The molecule has 0 unspecified atom stereocenters. The highest BCUT2D eigenvalue weighted by Gasteiger charge is 2.14. The number of hydrogen-bond donors (Lipinski definition) is 2. The van der Waals surface area contributed by atoms with Crippen LogP contribution in [0.15, 0.2) is 93.9 Å². The molecule has 9 heteroatoms. The molecule has 4 aromatic carbocycles. The van der Waals surface area contributed by atoms with Crippen LogP contribution >= 0.6 is 31.9 Å². The van der Waals surface area contributed by atoms with E-state index in [1.807, 2.05) is 12.1 Å². The van der Waals surface area contributed by atoms with Gasteiger partial charge in [-0.1, -0.05) is 31.9 Å². The fourth-order valence-electron chi connectivity index (χ4n) is 3.46. The molecule has 0 fully saturated rings. The molecule has 0 saturated heterocycles. The molecule has 4 aromatic rings. The topological polar surface area (TPSA) is 85.9 Å². The summed E-state index contributed by atoms with van der Waals surface area (Å²) in [4.78, 5) is 25.4. The standard InChI is InChI=1S/C28H22Br2N2O5/c1-35-25-13-3-17(29)15-23(25)27(33)31-19-5-9-21(10-6-19)37-22-11-7-20(8-12-22)32-28(34)24-16-18(30)4-14-26(24)36-2/h3-16H,1-2H3,(H,31,33)(H,32,34). The largest absolute Gasteiger partial charge is 0.496 e. The van der Waals surface area contributed by atoms with Crippen molar-refractivity contribution in [3.63, 3.8) is 0 Å². The van der Waals surface area contributed by atoms with E-state index in [0.717, 1.165) is 8.95 Å². The molecule has 2 amide bonds. The summed E-state index contributed by atoms with van der Waals surface area (Å²) in [5.41, 5.74) is 2.06. The highest BCUT2D eigenvalue weighted by molar-refractivity contribution is 9.10. The number of amides is 2. The third kappa shape index (κ3) is 6.69. The minimum Gasteiger partial charge on any atom is -0.496 e. The molecular weight excluding hydrogens is 604 g/mol. The van der Waals surface area contributed by atoms with E-state index in [0.29, 0.717) is 45.5 Å². The van der Waals surface area contributed by atoms with Crippen molar-refractivity contribution < 1.29 is 23.8 Å². The zero-order valence-corrected chi connectivity index (χ0v) is 23.1. The van der Waals surface area contributed by atoms with Gasteiger partial charge in [-0.05, 0) is 84.9 Å². The zero-order chi connectivity index (χ0) is 26.4. The molecule has 0 heterocycles. The highest BCUT2D eigenvalue weighted by atomic mass is 79.9. The van der Waals surface area contributed by atoms with Gasteiger partial charge in [0.25, 0.3) is 11.8 Å². The smallest absolute Gasteiger partial charge is 0.259 e. The second kappa shape index (κ2) is 11.9. The maximum atomic E-state index is 12.7. The van der Waals surface area contributed by atoms with E-state index in [9.17, 15) is 9.59 Å². The van der Waals surface area contributed by atoms with Crippen molar-refractivity contribution in [2.75, 3.05) is 24.9 Å². The molecular formula is C28H22Br2N2O5. The lowest BCUT2D eigenvalue weighted by molar-refractivity contribution is 0.101. The number of hydrogen-bond acceptors (Lipinski definition) is 5. The molecule has 0 aromatic heterocycles. The van der Waals surface area contributed by atoms with E-state index in [1.54, 1.807) is 72.8 Å². The Morgan fingerprint density at radius 3 is 1.32 bits per heavy atom. The number of nitrogens with one attached hydrogen (secondary N) is 2. The lowest BCUT2D eigenvalue weighted by Gasteiger charge is -2.12. The molecule has 0 spiro atoms. The van der Waals surface area contributed by atoms with E-state index >= 15 is 0 Å². The first-order valence-corrected chi connectivity index (χ1v) is 12.6. The van der Waals surface area contributed by atoms with E-state index in [2.05, 4.69) is 42.5 Å². The van der Waals surface area contributed by atoms with E-state index in [1.165, 1.54) is 14.2 Å². The number of halogens is 2. The van der Waals surface area contributed by atoms with Gasteiger partial charge in [-0.15, -0.1) is 0 Å². The summed E-state index contributed by atoms with van der Waals surface area (Å²) in [6.45, 7) is 0. The predicted molar refractivity (Wildman–Crippen MR) is 150 cm³/mol. The summed E-state index contributed by atoms with van der Waals surface area (Å²) in [5, 5.41) is 5.71. The van der Waals surface area contributed by atoms with Crippen LogP contribution in [-0.2, 0) is 0 Å². The minimum atomic E-state index is -0.287. The van der Waals surface area contributed by atoms with Crippen LogP contribution in [0.25, 0.3) is 0 Å². The molecule has 0 bridgehead atoms. The van der Waals surface area contributed by atoms with Crippen molar-refractivity contribution in [2.24, 2.45) is 0 Å². The molecule has 0 saturated carbocycles. The molecule has 0 radical (unpaired) electrons. The Labute approximate surface area is 231 Å². The molecule has 0 aliphatic heterocycles. The highest BCUT2D eigenvalue weighted by Crippen LogP contribution is 2.28. The Balaban J connectivity index is 1.37.